The normalized spacial score (nSPS) is 36.4. The third kappa shape index (κ3) is 6.74. The van der Waals surface area contributed by atoms with E-state index in [4.69, 9.17) is 20.9 Å². The van der Waals surface area contributed by atoms with E-state index in [1.807, 2.05) is 0 Å². The van der Waals surface area contributed by atoms with Crippen LogP contribution >= 0.6 is 15.6 Å². The first-order valence-electron chi connectivity index (χ1n) is 12.0. The van der Waals surface area contributed by atoms with Crippen LogP contribution in [0.15, 0.2) is 11.1 Å². The summed E-state index contributed by atoms with van der Waals surface area (Å²) in [5.41, 5.74) is 10.2. The maximum absolute atomic E-state index is 12.4. The van der Waals surface area contributed by atoms with Gasteiger partial charge in [-0.3, -0.25) is 23.4 Å². The highest BCUT2D eigenvalue weighted by Gasteiger charge is 2.51. The van der Waals surface area contributed by atoms with Crippen molar-refractivity contribution in [3.05, 3.63) is 16.7 Å². The standard InChI is InChI=1S/C18H30N6O16P2/c1-4(25)6(19)13-10(28)9(27)12(30)17(38-13)39-42(34,35)40-41(32,33)36-2-5-8(26)11(29)16(37-5)24-3-21-7-14(24)22-18(20)23-15(7)31/h3-6,8-13,16-17,25-30H,2,19H2,1H3,(H,32,33)(H,34,35)(H3,20,22,23,31)/t4-,5-,6-,8-,9+,10-,11-,12-,13-,16-,17-/m1/s1. The number of H-pyrrole nitrogens is 1. The van der Waals surface area contributed by atoms with Crippen molar-refractivity contribution in [2.75, 3.05) is 12.3 Å². The van der Waals surface area contributed by atoms with Gasteiger partial charge in [-0.05, 0) is 6.92 Å². The van der Waals surface area contributed by atoms with E-state index in [2.05, 4.69) is 28.3 Å². The number of nitrogens with one attached hydrogen (secondary N) is 1. The van der Waals surface area contributed by atoms with Gasteiger partial charge >= 0.3 is 15.6 Å². The molecule has 0 aliphatic carbocycles. The van der Waals surface area contributed by atoms with Gasteiger partial charge in [0.25, 0.3) is 5.56 Å². The number of aliphatic hydroxyl groups excluding tert-OH is 6. The molecule has 0 bridgehead atoms. The summed E-state index contributed by atoms with van der Waals surface area (Å²) < 4.78 is 49.9. The van der Waals surface area contributed by atoms with Gasteiger partial charge in [-0.2, -0.15) is 9.29 Å². The topological polar surface area (TPSA) is 358 Å². The Morgan fingerprint density at radius 2 is 1.74 bits per heavy atom. The first kappa shape index (κ1) is 33.0. The molecule has 22 nitrogen and oxygen atoms in total. The molecule has 4 heterocycles. The highest BCUT2D eigenvalue weighted by Crippen LogP contribution is 2.61. The van der Waals surface area contributed by atoms with Crippen LogP contribution in [0.2, 0.25) is 0 Å². The Bertz CT molecular complexity index is 1420. The number of nitrogens with zero attached hydrogens (tertiary/aromatic N) is 3. The Kier molecular flexibility index (Phi) is 9.58. The molecule has 42 heavy (non-hydrogen) atoms. The average Bonchev–Trinajstić information content (AvgIpc) is 3.42. The largest absolute Gasteiger partial charge is 0.483 e. The van der Waals surface area contributed by atoms with E-state index in [0.29, 0.717) is 0 Å². The number of ether oxygens (including phenoxy) is 2. The van der Waals surface area contributed by atoms with Crippen LogP contribution in [0, 0.1) is 0 Å². The van der Waals surface area contributed by atoms with E-state index in [9.17, 15) is 54.4 Å². The van der Waals surface area contributed by atoms with Crippen LogP contribution in [0.25, 0.3) is 11.2 Å². The predicted octanol–water partition coefficient (Wildman–Crippen LogP) is -4.91. The van der Waals surface area contributed by atoms with Crippen LogP contribution in [0.3, 0.4) is 0 Å². The number of fused-ring (bicyclic) bond motifs is 1. The van der Waals surface area contributed by atoms with E-state index in [0.717, 1.165) is 10.9 Å². The molecule has 2 saturated heterocycles. The Balaban J connectivity index is 1.40. The maximum Gasteiger partial charge on any atom is 0.483 e. The summed E-state index contributed by atoms with van der Waals surface area (Å²) in [5.74, 6) is -0.283. The monoisotopic (exact) mass is 648 g/mol. The molecule has 0 saturated carbocycles. The number of nitrogens with two attached hydrogens (primary N) is 2. The number of aromatic amines is 1. The Morgan fingerprint density at radius 3 is 2.38 bits per heavy atom. The molecular weight excluding hydrogens is 618 g/mol. The first-order chi connectivity index (χ1) is 19.4. The van der Waals surface area contributed by atoms with Crippen LogP contribution in [-0.4, -0.2) is 128 Å². The van der Waals surface area contributed by atoms with Crippen molar-refractivity contribution < 1.29 is 72.4 Å². The number of anilines is 1. The molecule has 2 aliphatic heterocycles. The lowest BCUT2D eigenvalue weighted by Gasteiger charge is -2.42. The zero-order chi connectivity index (χ0) is 31.3. The van der Waals surface area contributed by atoms with E-state index >= 15 is 0 Å². The molecule has 13 atom stereocenters. The molecule has 2 fully saturated rings. The minimum atomic E-state index is -5.66. The second kappa shape index (κ2) is 12.2. The lowest BCUT2D eigenvalue weighted by Crippen LogP contribution is -2.64. The molecule has 0 spiro atoms. The predicted molar refractivity (Wildman–Crippen MR) is 133 cm³/mol. The fourth-order valence-electron chi connectivity index (χ4n) is 4.25. The fourth-order valence-corrected chi connectivity index (χ4v) is 6.41. The Labute approximate surface area is 234 Å². The van der Waals surface area contributed by atoms with Crippen molar-refractivity contribution >= 4 is 32.8 Å². The number of nitrogen functional groups attached to an aromatic ring is 1. The van der Waals surface area contributed by atoms with Gasteiger partial charge in [-0.25, -0.2) is 14.1 Å². The highest BCUT2D eigenvalue weighted by molar-refractivity contribution is 7.61. The molecule has 2 aromatic rings. The summed E-state index contributed by atoms with van der Waals surface area (Å²) >= 11 is 0. The average molecular weight is 648 g/mol. The number of imidazole rings is 1. The van der Waals surface area contributed by atoms with E-state index < -0.39 is 95.2 Å². The van der Waals surface area contributed by atoms with Gasteiger partial charge in [0.2, 0.25) is 5.95 Å². The van der Waals surface area contributed by atoms with E-state index in [1.54, 1.807) is 0 Å². The lowest BCUT2D eigenvalue weighted by molar-refractivity contribution is -0.282. The van der Waals surface area contributed by atoms with Crippen molar-refractivity contribution in [3.63, 3.8) is 0 Å². The molecule has 2 aromatic heterocycles. The fraction of sp³-hybridized carbons (Fsp3) is 0.722. The Morgan fingerprint density at radius 1 is 1.07 bits per heavy atom. The summed E-state index contributed by atoms with van der Waals surface area (Å²) in [5, 5.41) is 60.7. The van der Waals surface area contributed by atoms with E-state index in [1.165, 1.54) is 6.92 Å². The molecule has 2 unspecified atom stereocenters. The van der Waals surface area contributed by atoms with Gasteiger partial charge in [0, 0.05) is 0 Å². The van der Waals surface area contributed by atoms with Gasteiger partial charge in [-0.15, -0.1) is 0 Å². The summed E-state index contributed by atoms with van der Waals surface area (Å²) in [6, 6.07) is -1.37. The molecule has 0 amide bonds. The van der Waals surface area contributed by atoms with Crippen molar-refractivity contribution in [2.45, 2.75) is 74.3 Å². The van der Waals surface area contributed by atoms with Crippen LogP contribution in [0.1, 0.15) is 13.2 Å². The van der Waals surface area contributed by atoms with Gasteiger partial charge < -0.3 is 61.4 Å². The van der Waals surface area contributed by atoms with Gasteiger partial charge in [0.1, 0.15) is 42.7 Å². The second-order valence-corrected chi connectivity index (χ2v) is 12.5. The quantitative estimate of drug-likeness (QED) is 0.107. The van der Waals surface area contributed by atoms with Gasteiger partial charge in [0.05, 0.1) is 25.1 Å². The molecule has 0 radical (unpaired) electrons. The second-order valence-electron chi connectivity index (χ2n) is 9.50. The summed E-state index contributed by atoms with van der Waals surface area (Å²) in [7, 11) is -11.2. The Hall–Kier alpha value is -1.95. The lowest BCUT2D eigenvalue weighted by atomic mass is 9.92. The number of phosphoric acid groups is 2. The summed E-state index contributed by atoms with van der Waals surface area (Å²) in [4.78, 5) is 42.0. The van der Waals surface area contributed by atoms with Crippen molar-refractivity contribution in [3.8, 4) is 0 Å². The smallest absolute Gasteiger partial charge is 0.392 e. The molecule has 24 heteroatoms. The first-order valence-corrected chi connectivity index (χ1v) is 15.0. The summed E-state index contributed by atoms with van der Waals surface area (Å²) in [6.45, 7) is 0.204. The minimum Gasteiger partial charge on any atom is -0.392 e. The zero-order valence-corrected chi connectivity index (χ0v) is 23.2. The number of rotatable bonds is 10. The van der Waals surface area contributed by atoms with E-state index in [-0.39, 0.29) is 17.1 Å². The third-order valence-corrected chi connectivity index (χ3v) is 9.05. The van der Waals surface area contributed by atoms with Crippen LogP contribution in [-0.2, 0) is 32.0 Å². The third-order valence-electron chi connectivity index (χ3n) is 6.45. The van der Waals surface area contributed by atoms with Crippen LogP contribution < -0.4 is 17.0 Å². The van der Waals surface area contributed by atoms with Crippen molar-refractivity contribution in [1.29, 1.82) is 0 Å². The van der Waals surface area contributed by atoms with Crippen LogP contribution in [0.4, 0.5) is 5.95 Å². The summed E-state index contributed by atoms with van der Waals surface area (Å²) in [6.07, 6.45) is -16.7. The number of aromatic nitrogens is 4. The SMILES string of the molecule is C[C@@H](O)[C@@H](N)[C@H]1O[C@H](OP(=O)(O)OP(=O)(O)OC[C@H]2O[C@@H](n3cnc4c(=O)[nH]c(N)nc43)[C@H](O)[C@@H]2O)[C@H](O)[C@@H](O)[C@H]1O. The molecule has 0 aromatic carbocycles. The molecular formula is C18H30N6O16P2. The molecule has 2 aliphatic rings. The highest BCUT2D eigenvalue weighted by atomic mass is 31.3. The number of phosphoric ester groups is 2. The molecule has 13 N–H and O–H groups in total. The number of hydrogen-bond acceptors (Lipinski definition) is 18. The van der Waals surface area contributed by atoms with Gasteiger partial charge in [0.15, 0.2) is 23.7 Å². The molecule has 4 rings (SSSR count). The number of aliphatic hydroxyl groups is 6. The van der Waals surface area contributed by atoms with Crippen molar-refractivity contribution in [2.24, 2.45) is 5.73 Å². The van der Waals surface area contributed by atoms with Crippen molar-refractivity contribution in [1.82, 2.24) is 19.5 Å². The minimum absolute atomic E-state index is 0.120. The molecule has 238 valence electrons. The zero-order valence-electron chi connectivity index (χ0n) is 21.4. The van der Waals surface area contributed by atoms with Crippen LogP contribution in [0.5, 0.6) is 0 Å². The van der Waals surface area contributed by atoms with Gasteiger partial charge in [-0.1, -0.05) is 0 Å². The number of hydrogen-bond donors (Lipinski definition) is 11. The maximum atomic E-state index is 12.4.